The van der Waals surface area contributed by atoms with Gasteiger partial charge in [-0.25, -0.2) is 0 Å². The van der Waals surface area contributed by atoms with Crippen molar-refractivity contribution in [2.45, 2.75) is 66.7 Å². The quantitative estimate of drug-likeness (QED) is 0.458. The van der Waals surface area contributed by atoms with E-state index < -0.39 is 0 Å². The van der Waals surface area contributed by atoms with Crippen LogP contribution in [0.3, 0.4) is 0 Å². The van der Waals surface area contributed by atoms with Crippen LogP contribution in [0.5, 0.6) is 0 Å². The highest BCUT2D eigenvalue weighted by Gasteiger charge is 2.30. The van der Waals surface area contributed by atoms with Crippen LogP contribution in [0.2, 0.25) is 0 Å². The van der Waals surface area contributed by atoms with Gasteiger partial charge in [0.25, 0.3) is 0 Å². The fourth-order valence-electron chi connectivity index (χ4n) is 3.73. The lowest BCUT2D eigenvalue weighted by Crippen LogP contribution is -2.10. The molecule has 0 aromatic heterocycles. The van der Waals surface area contributed by atoms with Gasteiger partial charge < -0.3 is 0 Å². The monoisotopic (exact) mass is 326 g/mol. The van der Waals surface area contributed by atoms with Crippen LogP contribution in [0.4, 0.5) is 0 Å². The summed E-state index contributed by atoms with van der Waals surface area (Å²) < 4.78 is 0. The van der Waals surface area contributed by atoms with Crippen LogP contribution < -0.4 is 0 Å². The molecule has 2 rings (SSSR count). The largest absolute Gasteiger partial charge is 0.103 e. The fourth-order valence-corrected chi connectivity index (χ4v) is 3.73. The van der Waals surface area contributed by atoms with Gasteiger partial charge in [0.1, 0.15) is 0 Å². The van der Waals surface area contributed by atoms with E-state index in [9.17, 15) is 0 Å². The van der Waals surface area contributed by atoms with E-state index in [2.05, 4.69) is 69.8 Å². The maximum atomic E-state index is 3.92. The minimum absolute atomic E-state index is 0.665. The minimum Gasteiger partial charge on any atom is -0.103 e. The fraction of sp³-hybridized carbons (Fsp3) is 0.583. The average molecular weight is 327 g/mol. The molecule has 1 aromatic rings. The van der Waals surface area contributed by atoms with Crippen LogP contribution in [0.25, 0.3) is 0 Å². The van der Waals surface area contributed by atoms with Gasteiger partial charge in [0, 0.05) is 0 Å². The van der Waals surface area contributed by atoms with E-state index >= 15 is 0 Å². The molecule has 134 valence electrons. The molecule has 1 fully saturated rings. The van der Waals surface area contributed by atoms with E-state index in [1.165, 1.54) is 43.2 Å². The third-order valence-electron chi connectivity index (χ3n) is 5.33. The Kier molecular flexibility index (Phi) is 9.76. The van der Waals surface area contributed by atoms with E-state index in [0.717, 1.165) is 17.8 Å². The molecule has 0 saturated heterocycles. The van der Waals surface area contributed by atoms with Gasteiger partial charge in [-0.1, -0.05) is 75.8 Å². The molecule has 0 heteroatoms. The van der Waals surface area contributed by atoms with Crippen molar-refractivity contribution in [1.29, 1.82) is 0 Å². The van der Waals surface area contributed by atoms with Gasteiger partial charge in [0.15, 0.2) is 0 Å². The van der Waals surface area contributed by atoms with Gasteiger partial charge in [0.05, 0.1) is 0 Å². The lowest BCUT2D eigenvalue weighted by Gasteiger charge is -2.19. The number of aryl methyl sites for hydroxylation is 2. The van der Waals surface area contributed by atoms with E-state index in [4.69, 9.17) is 0 Å². The zero-order valence-electron chi connectivity index (χ0n) is 16.6. The Hall–Kier alpha value is -1.30. The SMILES string of the molecule is C=CC[C@H]1CCC(C)[C@@H]1/C=C/C(C)CCc1ccc(C)cc1.CC. The molecule has 0 N–H and O–H groups in total. The Bertz CT molecular complexity index is 479. The average Bonchev–Trinajstić information content (AvgIpc) is 2.94. The van der Waals surface area contributed by atoms with E-state index in [-0.39, 0.29) is 0 Å². The first kappa shape index (κ1) is 20.7. The maximum absolute atomic E-state index is 3.92. The molecule has 0 spiro atoms. The summed E-state index contributed by atoms with van der Waals surface area (Å²) in [6, 6.07) is 8.97. The van der Waals surface area contributed by atoms with E-state index in [0.29, 0.717) is 5.92 Å². The Morgan fingerprint density at radius 2 is 1.83 bits per heavy atom. The van der Waals surface area contributed by atoms with E-state index in [1.807, 2.05) is 13.8 Å². The lowest BCUT2D eigenvalue weighted by atomic mass is 9.86. The molecule has 24 heavy (non-hydrogen) atoms. The summed E-state index contributed by atoms with van der Waals surface area (Å²) in [5, 5.41) is 0. The summed E-state index contributed by atoms with van der Waals surface area (Å²) in [6.07, 6.45) is 13.4. The topological polar surface area (TPSA) is 0 Å². The predicted molar refractivity (Wildman–Crippen MR) is 109 cm³/mol. The molecule has 0 bridgehead atoms. The summed E-state index contributed by atoms with van der Waals surface area (Å²) >= 11 is 0. The molecule has 2 unspecified atom stereocenters. The molecule has 0 heterocycles. The summed E-state index contributed by atoms with van der Waals surface area (Å²) in [6.45, 7) is 14.8. The Morgan fingerprint density at radius 3 is 2.46 bits per heavy atom. The second-order valence-corrected chi connectivity index (χ2v) is 7.30. The first-order chi connectivity index (χ1) is 11.6. The zero-order valence-corrected chi connectivity index (χ0v) is 16.6. The number of allylic oxidation sites excluding steroid dienone is 3. The number of hydrogen-bond donors (Lipinski definition) is 0. The van der Waals surface area contributed by atoms with Crippen LogP contribution in [-0.2, 0) is 6.42 Å². The Labute approximate surface area is 151 Å². The minimum atomic E-state index is 0.665. The van der Waals surface area contributed by atoms with Crippen molar-refractivity contribution in [1.82, 2.24) is 0 Å². The first-order valence-electron chi connectivity index (χ1n) is 9.95. The molecule has 0 nitrogen and oxygen atoms in total. The van der Waals surface area contributed by atoms with Gasteiger partial charge in [-0.05, 0) is 68.3 Å². The number of rotatable bonds is 7. The van der Waals surface area contributed by atoms with Crippen molar-refractivity contribution >= 4 is 0 Å². The highest BCUT2D eigenvalue weighted by atomic mass is 14.3. The molecule has 4 atom stereocenters. The Morgan fingerprint density at radius 1 is 1.17 bits per heavy atom. The molecular formula is C24H38. The van der Waals surface area contributed by atoms with Crippen LogP contribution >= 0.6 is 0 Å². The molecule has 0 radical (unpaired) electrons. The van der Waals surface area contributed by atoms with Crippen molar-refractivity contribution in [3.63, 3.8) is 0 Å². The second kappa shape index (κ2) is 11.3. The van der Waals surface area contributed by atoms with Gasteiger partial charge in [-0.2, -0.15) is 0 Å². The predicted octanol–water partition coefficient (Wildman–Crippen LogP) is 7.38. The summed E-state index contributed by atoms with van der Waals surface area (Å²) in [5.41, 5.74) is 2.81. The molecule has 1 aliphatic rings. The molecule has 0 amide bonds. The summed E-state index contributed by atoms with van der Waals surface area (Å²) in [5.74, 6) is 3.09. The van der Waals surface area contributed by atoms with Crippen LogP contribution in [0.1, 0.15) is 64.5 Å². The van der Waals surface area contributed by atoms with E-state index in [1.54, 1.807) is 0 Å². The van der Waals surface area contributed by atoms with Crippen LogP contribution in [-0.4, -0.2) is 0 Å². The van der Waals surface area contributed by atoms with Crippen LogP contribution in [0.15, 0.2) is 49.1 Å². The number of hydrogen-bond acceptors (Lipinski definition) is 0. The normalized spacial score (nSPS) is 24.5. The van der Waals surface area contributed by atoms with Crippen molar-refractivity contribution in [2.75, 3.05) is 0 Å². The number of benzene rings is 1. The first-order valence-corrected chi connectivity index (χ1v) is 9.95. The summed E-state index contributed by atoms with van der Waals surface area (Å²) in [4.78, 5) is 0. The second-order valence-electron chi connectivity index (χ2n) is 7.30. The smallest absolute Gasteiger partial charge is 0.0176 e. The lowest BCUT2D eigenvalue weighted by molar-refractivity contribution is 0.400. The third-order valence-corrected chi connectivity index (χ3v) is 5.33. The molecule has 1 aliphatic carbocycles. The third kappa shape index (κ3) is 6.67. The molecule has 1 aromatic carbocycles. The van der Waals surface area contributed by atoms with Gasteiger partial charge in [-0.3, -0.25) is 0 Å². The molecule has 1 saturated carbocycles. The molecular weight excluding hydrogens is 288 g/mol. The van der Waals surface area contributed by atoms with Gasteiger partial charge >= 0.3 is 0 Å². The van der Waals surface area contributed by atoms with Crippen molar-refractivity contribution in [2.24, 2.45) is 23.7 Å². The van der Waals surface area contributed by atoms with Crippen molar-refractivity contribution in [3.8, 4) is 0 Å². The zero-order chi connectivity index (χ0) is 17.9. The van der Waals surface area contributed by atoms with Crippen LogP contribution in [0, 0.1) is 30.6 Å². The van der Waals surface area contributed by atoms with Crippen molar-refractivity contribution in [3.05, 3.63) is 60.2 Å². The van der Waals surface area contributed by atoms with Crippen molar-refractivity contribution < 1.29 is 0 Å². The van der Waals surface area contributed by atoms with Gasteiger partial charge in [-0.15, -0.1) is 6.58 Å². The standard InChI is InChI=1S/C22H32.C2H6/c1-5-6-21-15-11-19(4)22(21)16-10-18(3)9-14-20-12-7-17(2)8-13-20;1-2/h5,7-8,10,12-13,16,18-19,21-22H,1,6,9,11,14-15H2,2-4H3;1-2H3/b16-10+;/t18?,19?,21-,22-;/m0./s1. The summed E-state index contributed by atoms with van der Waals surface area (Å²) in [7, 11) is 0. The maximum Gasteiger partial charge on any atom is -0.0176 e. The molecule has 0 aliphatic heterocycles. The highest BCUT2D eigenvalue weighted by molar-refractivity contribution is 5.21. The Balaban J connectivity index is 0.00000139. The van der Waals surface area contributed by atoms with Gasteiger partial charge in [0.2, 0.25) is 0 Å². The highest BCUT2D eigenvalue weighted by Crippen LogP contribution is 2.40.